The molecule has 1 aromatic heterocycles. The number of furan rings is 1. The molecule has 1 spiro atoms. The average molecular weight is 405 g/mol. The molecule has 3 aromatic rings. The number of hydrazine groups is 1. The van der Waals surface area contributed by atoms with Gasteiger partial charge >= 0.3 is 6.03 Å². The maximum Gasteiger partial charge on any atom is 0.344 e. The smallest absolute Gasteiger partial charge is 0.344 e. The number of hydrogen-bond donors (Lipinski definition) is 2. The normalized spacial score (nSPS) is 24.0. The van der Waals surface area contributed by atoms with E-state index >= 15 is 0 Å². The van der Waals surface area contributed by atoms with Gasteiger partial charge in [0.15, 0.2) is 0 Å². The molecule has 2 N–H and O–H groups in total. The maximum atomic E-state index is 12.9. The zero-order valence-corrected chi connectivity index (χ0v) is 16.7. The van der Waals surface area contributed by atoms with E-state index in [-0.39, 0.29) is 12.3 Å². The average Bonchev–Trinajstić information content (AvgIpc) is 3.25. The number of hydrogen-bond acceptors (Lipinski definition) is 4. The standard InChI is InChI=1S/C23H23N3O4/c1-14-8-10-23(11-9-14)21(28)26(22(29)24-23)25-19(27)12-16-13-30-18-7-6-15-4-2-3-5-17(15)20(16)18/h2-7,13-14H,8-12H2,1H3,(H,24,29)(H,25,27). The number of benzene rings is 2. The van der Waals surface area contributed by atoms with E-state index < -0.39 is 17.5 Å². The Morgan fingerprint density at radius 1 is 1.20 bits per heavy atom. The summed E-state index contributed by atoms with van der Waals surface area (Å²) >= 11 is 0. The zero-order valence-electron chi connectivity index (χ0n) is 16.7. The minimum Gasteiger partial charge on any atom is -0.464 e. The summed E-state index contributed by atoms with van der Waals surface area (Å²) in [6.45, 7) is 2.15. The first-order valence-corrected chi connectivity index (χ1v) is 10.3. The largest absolute Gasteiger partial charge is 0.464 e. The Balaban J connectivity index is 1.36. The Kier molecular flexibility index (Phi) is 4.27. The van der Waals surface area contributed by atoms with Gasteiger partial charge in [0.05, 0.1) is 12.7 Å². The Bertz CT molecular complexity index is 1170. The topological polar surface area (TPSA) is 91.7 Å². The zero-order chi connectivity index (χ0) is 20.9. The van der Waals surface area contributed by atoms with Crippen molar-refractivity contribution in [2.75, 3.05) is 0 Å². The molecule has 1 aliphatic heterocycles. The second-order valence-corrected chi connectivity index (χ2v) is 8.47. The molecule has 0 bridgehead atoms. The molecule has 7 heteroatoms. The molecule has 30 heavy (non-hydrogen) atoms. The predicted octanol–water partition coefficient (Wildman–Crippen LogP) is 3.66. The van der Waals surface area contributed by atoms with E-state index in [4.69, 9.17) is 4.42 Å². The minimum atomic E-state index is -0.880. The van der Waals surface area contributed by atoms with Crippen LogP contribution in [0.15, 0.2) is 47.1 Å². The first kappa shape index (κ1) is 18.7. The van der Waals surface area contributed by atoms with Crippen LogP contribution < -0.4 is 10.7 Å². The van der Waals surface area contributed by atoms with E-state index in [1.54, 1.807) is 6.26 Å². The predicted molar refractivity (Wildman–Crippen MR) is 111 cm³/mol. The molecule has 4 amide bonds. The number of fused-ring (bicyclic) bond motifs is 3. The molecule has 2 aromatic carbocycles. The highest BCUT2D eigenvalue weighted by atomic mass is 16.3. The Morgan fingerprint density at radius 3 is 2.77 bits per heavy atom. The van der Waals surface area contributed by atoms with Crippen LogP contribution in [0.2, 0.25) is 0 Å². The Labute approximate surface area is 173 Å². The molecule has 2 heterocycles. The molecule has 154 valence electrons. The summed E-state index contributed by atoms with van der Waals surface area (Å²) in [6.07, 6.45) is 4.52. The van der Waals surface area contributed by atoms with Crippen LogP contribution in [0.5, 0.6) is 0 Å². The summed E-state index contributed by atoms with van der Waals surface area (Å²) in [5.74, 6) is -0.265. The van der Waals surface area contributed by atoms with E-state index in [2.05, 4.69) is 17.7 Å². The maximum absolute atomic E-state index is 12.9. The fourth-order valence-electron chi connectivity index (χ4n) is 4.66. The van der Waals surface area contributed by atoms with E-state index in [1.807, 2.05) is 36.4 Å². The van der Waals surface area contributed by atoms with Gasteiger partial charge in [0.2, 0.25) is 5.91 Å². The third-order valence-electron chi connectivity index (χ3n) is 6.42. The van der Waals surface area contributed by atoms with Gasteiger partial charge in [-0.15, -0.1) is 0 Å². The van der Waals surface area contributed by atoms with Gasteiger partial charge in [-0.3, -0.25) is 15.0 Å². The van der Waals surface area contributed by atoms with Gasteiger partial charge in [-0.2, -0.15) is 5.01 Å². The highest BCUT2D eigenvalue weighted by molar-refractivity contribution is 6.10. The van der Waals surface area contributed by atoms with Gasteiger partial charge < -0.3 is 9.73 Å². The van der Waals surface area contributed by atoms with E-state index in [0.29, 0.717) is 29.9 Å². The highest BCUT2D eigenvalue weighted by Crippen LogP contribution is 2.36. The Morgan fingerprint density at radius 2 is 1.97 bits per heavy atom. The van der Waals surface area contributed by atoms with Crippen molar-refractivity contribution in [3.05, 3.63) is 48.2 Å². The third kappa shape index (κ3) is 2.93. The summed E-state index contributed by atoms with van der Waals surface area (Å²) in [6, 6.07) is 11.2. The number of rotatable bonds is 3. The van der Waals surface area contributed by atoms with Gasteiger partial charge in [0, 0.05) is 10.9 Å². The molecular weight excluding hydrogens is 382 g/mol. The highest BCUT2D eigenvalue weighted by Gasteiger charge is 2.52. The van der Waals surface area contributed by atoms with E-state index in [0.717, 1.165) is 34.0 Å². The first-order valence-electron chi connectivity index (χ1n) is 10.3. The van der Waals surface area contributed by atoms with Gasteiger partial charge in [-0.25, -0.2) is 4.79 Å². The molecule has 0 unspecified atom stereocenters. The van der Waals surface area contributed by atoms with Crippen LogP contribution in [-0.4, -0.2) is 28.4 Å². The van der Waals surface area contributed by atoms with Crippen molar-refractivity contribution in [1.29, 1.82) is 0 Å². The molecule has 5 rings (SSSR count). The molecule has 1 saturated carbocycles. The SMILES string of the molecule is CC1CCC2(CC1)NC(=O)N(NC(=O)Cc1coc3ccc4ccccc4c13)C2=O. The molecule has 1 aliphatic carbocycles. The number of amides is 4. The number of nitrogens with one attached hydrogen (secondary N) is 2. The lowest BCUT2D eigenvalue weighted by atomic mass is 9.77. The number of imide groups is 1. The number of urea groups is 1. The van der Waals surface area contributed by atoms with Crippen LogP contribution in [0.1, 0.15) is 38.2 Å². The van der Waals surface area contributed by atoms with Gasteiger partial charge in [0.25, 0.3) is 5.91 Å². The fourth-order valence-corrected chi connectivity index (χ4v) is 4.66. The second-order valence-electron chi connectivity index (χ2n) is 8.47. The number of carbonyl (C=O) groups excluding carboxylic acids is 3. The molecule has 1 saturated heterocycles. The van der Waals surface area contributed by atoms with E-state index in [9.17, 15) is 14.4 Å². The van der Waals surface area contributed by atoms with Crippen molar-refractivity contribution >= 4 is 39.6 Å². The lowest BCUT2D eigenvalue weighted by molar-refractivity contribution is -0.139. The quantitative estimate of drug-likeness (QED) is 0.651. The first-order chi connectivity index (χ1) is 14.5. The second kappa shape index (κ2) is 6.86. The Hall–Kier alpha value is -3.35. The van der Waals surface area contributed by atoms with Gasteiger partial charge in [-0.1, -0.05) is 37.3 Å². The van der Waals surface area contributed by atoms with Crippen LogP contribution in [0, 0.1) is 5.92 Å². The van der Waals surface area contributed by atoms with E-state index in [1.165, 1.54) is 0 Å². The van der Waals surface area contributed by atoms with Crippen LogP contribution in [0.3, 0.4) is 0 Å². The minimum absolute atomic E-state index is 0.00209. The summed E-state index contributed by atoms with van der Waals surface area (Å²) in [4.78, 5) is 38.1. The third-order valence-corrected chi connectivity index (χ3v) is 6.42. The molecule has 2 fully saturated rings. The number of nitrogens with zero attached hydrogens (tertiary/aromatic N) is 1. The van der Waals surface area contributed by atoms with Gasteiger partial charge in [-0.05, 0) is 48.4 Å². The molecule has 2 aliphatic rings. The summed E-state index contributed by atoms with van der Waals surface area (Å²) in [5.41, 5.74) is 3.04. The van der Waals surface area contributed by atoms with Crippen molar-refractivity contribution in [2.45, 2.75) is 44.6 Å². The van der Waals surface area contributed by atoms with Crippen molar-refractivity contribution in [1.82, 2.24) is 15.8 Å². The molecular formula is C23H23N3O4. The van der Waals surface area contributed by atoms with Crippen LogP contribution >= 0.6 is 0 Å². The summed E-state index contributed by atoms with van der Waals surface area (Å²) < 4.78 is 5.63. The lowest BCUT2D eigenvalue weighted by Crippen LogP contribution is -2.51. The van der Waals surface area contributed by atoms with Crippen molar-refractivity contribution < 1.29 is 18.8 Å². The van der Waals surface area contributed by atoms with Crippen LogP contribution in [-0.2, 0) is 16.0 Å². The van der Waals surface area contributed by atoms with Gasteiger partial charge in [0.1, 0.15) is 11.1 Å². The monoisotopic (exact) mass is 405 g/mol. The van der Waals surface area contributed by atoms with Crippen molar-refractivity contribution in [2.24, 2.45) is 5.92 Å². The van der Waals surface area contributed by atoms with Crippen LogP contribution in [0.25, 0.3) is 21.7 Å². The van der Waals surface area contributed by atoms with Crippen LogP contribution in [0.4, 0.5) is 4.79 Å². The van der Waals surface area contributed by atoms with Crippen molar-refractivity contribution in [3.63, 3.8) is 0 Å². The lowest BCUT2D eigenvalue weighted by Gasteiger charge is -2.33. The molecule has 0 atom stereocenters. The summed E-state index contributed by atoms with van der Waals surface area (Å²) in [7, 11) is 0. The summed E-state index contributed by atoms with van der Waals surface area (Å²) in [5, 5.41) is 6.58. The molecule has 0 radical (unpaired) electrons. The number of carbonyl (C=O) groups is 3. The molecule has 7 nitrogen and oxygen atoms in total. The fraction of sp³-hybridized carbons (Fsp3) is 0.348. The van der Waals surface area contributed by atoms with Crippen molar-refractivity contribution in [3.8, 4) is 0 Å².